The average Bonchev–Trinajstić information content (AvgIpc) is 2.63. The van der Waals surface area contributed by atoms with Crippen LogP contribution in [-0.4, -0.2) is 48.1 Å². The second kappa shape index (κ2) is 7.19. The molecule has 0 bridgehead atoms. The number of carbonyl (C=O) groups excluding carboxylic acids is 1. The van der Waals surface area contributed by atoms with E-state index in [-0.39, 0.29) is 11.9 Å². The first-order chi connectivity index (χ1) is 11.2. The third kappa shape index (κ3) is 3.84. The molecule has 3 rings (SSSR count). The van der Waals surface area contributed by atoms with E-state index >= 15 is 0 Å². The van der Waals surface area contributed by atoms with Gasteiger partial charge in [0.2, 0.25) is 5.95 Å². The van der Waals surface area contributed by atoms with Crippen molar-refractivity contribution >= 4 is 17.5 Å². The Morgan fingerprint density at radius 2 is 1.78 bits per heavy atom. The molecule has 1 aliphatic heterocycles. The summed E-state index contributed by atoms with van der Waals surface area (Å²) >= 11 is 0. The standard InChI is InChI=1S/C17H21N5O/c1-14(16(23)20-15-6-3-2-4-7-15)21-10-12-22(13-11-21)17-18-8-5-9-19-17/h2-9,14H,10-13H2,1H3,(H,20,23)/p+1/t14-/m0/s1. The molecule has 0 saturated carbocycles. The number of benzene rings is 1. The van der Waals surface area contributed by atoms with Gasteiger partial charge < -0.3 is 15.1 Å². The SMILES string of the molecule is C[C@@H](C(=O)Nc1ccccc1)[NH+]1CCN(c2ncccn2)CC1. The molecule has 1 saturated heterocycles. The van der Waals surface area contributed by atoms with Gasteiger partial charge in [0.1, 0.15) is 0 Å². The van der Waals surface area contributed by atoms with Crippen LogP contribution in [0.1, 0.15) is 6.92 Å². The molecule has 0 spiro atoms. The van der Waals surface area contributed by atoms with E-state index < -0.39 is 0 Å². The molecule has 2 N–H and O–H groups in total. The maximum Gasteiger partial charge on any atom is 0.282 e. The Labute approximate surface area is 136 Å². The number of carbonyl (C=O) groups is 1. The third-order valence-electron chi connectivity index (χ3n) is 4.29. The van der Waals surface area contributed by atoms with Gasteiger partial charge in [-0.1, -0.05) is 18.2 Å². The number of hydrogen-bond acceptors (Lipinski definition) is 4. The van der Waals surface area contributed by atoms with Gasteiger partial charge in [0.05, 0.1) is 26.2 Å². The highest BCUT2D eigenvalue weighted by Gasteiger charge is 2.29. The molecule has 23 heavy (non-hydrogen) atoms. The van der Waals surface area contributed by atoms with Crippen LogP contribution in [0.5, 0.6) is 0 Å². The lowest BCUT2D eigenvalue weighted by atomic mass is 10.2. The zero-order valence-corrected chi connectivity index (χ0v) is 13.3. The molecule has 1 fully saturated rings. The van der Waals surface area contributed by atoms with Crippen molar-refractivity contribution in [3.8, 4) is 0 Å². The lowest BCUT2D eigenvalue weighted by Gasteiger charge is -2.34. The molecule has 0 aliphatic carbocycles. The number of amides is 1. The minimum atomic E-state index is -0.0750. The molecule has 1 amide bonds. The number of rotatable bonds is 4. The maximum absolute atomic E-state index is 12.4. The molecular weight excluding hydrogens is 290 g/mol. The van der Waals surface area contributed by atoms with Gasteiger partial charge in [-0.15, -0.1) is 0 Å². The molecule has 0 radical (unpaired) electrons. The fraction of sp³-hybridized carbons (Fsp3) is 0.353. The second-order valence-electron chi connectivity index (χ2n) is 5.77. The summed E-state index contributed by atoms with van der Waals surface area (Å²) in [6.45, 7) is 5.52. The first-order valence-corrected chi connectivity index (χ1v) is 7.96. The van der Waals surface area contributed by atoms with Crippen molar-refractivity contribution in [3.63, 3.8) is 0 Å². The summed E-state index contributed by atoms with van der Waals surface area (Å²) in [5, 5.41) is 2.98. The number of para-hydroxylation sites is 1. The molecule has 1 aromatic carbocycles. The van der Waals surface area contributed by atoms with Crippen LogP contribution in [0, 0.1) is 0 Å². The van der Waals surface area contributed by atoms with Gasteiger partial charge in [0, 0.05) is 18.1 Å². The van der Waals surface area contributed by atoms with Gasteiger partial charge in [0.25, 0.3) is 5.91 Å². The van der Waals surface area contributed by atoms with Crippen molar-refractivity contribution < 1.29 is 9.69 Å². The van der Waals surface area contributed by atoms with Crippen LogP contribution < -0.4 is 15.1 Å². The lowest BCUT2D eigenvalue weighted by molar-refractivity contribution is -0.914. The highest BCUT2D eigenvalue weighted by molar-refractivity contribution is 5.93. The summed E-state index contributed by atoms with van der Waals surface area (Å²) in [5.74, 6) is 0.837. The summed E-state index contributed by atoms with van der Waals surface area (Å²) < 4.78 is 0. The fourth-order valence-corrected chi connectivity index (χ4v) is 2.84. The monoisotopic (exact) mass is 312 g/mol. The first-order valence-electron chi connectivity index (χ1n) is 7.96. The molecule has 1 aliphatic rings. The Hall–Kier alpha value is -2.47. The van der Waals surface area contributed by atoms with Gasteiger partial charge in [-0.05, 0) is 25.1 Å². The summed E-state index contributed by atoms with van der Waals surface area (Å²) in [6, 6.07) is 11.3. The van der Waals surface area contributed by atoms with Crippen LogP contribution in [0.3, 0.4) is 0 Å². The van der Waals surface area contributed by atoms with E-state index in [9.17, 15) is 4.79 Å². The first kappa shape index (κ1) is 15.4. The Balaban J connectivity index is 1.53. The van der Waals surface area contributed by atoms with Gasteiger partial charge >= 0.3 is 0 Å². The van der Waals surface area contributed by atoms with Crippen LogP contribution in [-0.2, 0) is 4.79 Å². The van der Waals surface area contributed by atoms with Crippen LogP contribution in [0.25, 0.3) is 0 Å². The van der Waals surface area contributed by atoms with E-state index in [1.165, 1.54) is 4.90 Å². The minimum absolute atomic E-state index is 0.0654. The molecule has 6 nitrogen and oxygen atoms in total. The molecule has 120 valence electrons. The van der Waals surface area contributed by atoms with E-state index in [0.29, 0.717) is 0 Å². The van der Waals surface area contributed by atoms with Crippen molar-refractivity contribution in [2.75, 3.05) is 36.4 Å². The van der Waals surface area contributed by atoms with Crippen molar-refractivity contribution in [1.82, 2.24) is 9.97 Å². The Kier molecular flexibility index (Phi) is 4.83. The minimum Gasteiger partial charge on any atom is -0.330 e. The van der Waals surface area contributed by atoms with Crippen LogP contribution >= 0.6 is 0 Å². The number of anilines is 2. The molecule has 2 aromatic rings. The quantitative estimate of drug-likeness (QED) is 0.847. The zero-order chi connectivity index (χ0) is 16.1. The van der Waals surface area contributed by atoms with Crippen molar-refractivity contribution in [2.45, 2.75) is 13.0 Å². The van der Waals surface area contributed by atoms with Gasteiger partial charge in [-0.25, -0.2) is 9.97 Å². The fourth-order valence-electron chi connectivity index (χ4n) is 2.84. The average molecular weight is 312 g/mol. The van der Waals surface area contributed by atoms with E-state index in [4.69, 9.17) is 0 Å². The van der Waals surface area contributed by atoms with Gasteiger partial charge in [-0.3, -0.25) is 4.79 Å². The number of nitrogens with zero attached hydrogens (tertiary/aromatic N) is 3. The van der Waals surface area contributed by atoms with Crippen LogP contribution in [0.2, 0.25) is 0 Å². The van der Waals surface area contributed by atoms with E-state index in [2.05, 4.69) is 20.2 Å². The summed E-state index contributed by atoms with van der Waals surface area (Å²) in [5.41, 5.74) is 0.847. The topological polar surface area (TPSA) is 62.6 Å². The molecule has 1 aromatic heterocycles. The van der Waals surface area contributed by atoms with E-state index in [1.54, 1.807) is 12.4 Å². The van der Waals surface area contributed by atoms with Gasteiger partial charge in [0.15, 0.2) is 6.04 Å². The molecular formula is C17H22N5O+. The van der Waals surface area contributed by atoms with Crippen LogP contribution in [0.15, 0.2) is 48.8 Å². The molecule has 1 atom stereocenters. The van der Waals surface area contributed by atoms with E-state index in [1.807, 2.05) is 43.3 Å². The van der Waals surface area contributed by atoms with E-state index in [0.717, 1.165) is 37.8 Å². The molecule has 2 heterocycles. The zero-order valence-electron chi connectivity index (χ0n) is 13.3. The lowest BCUT2D eigenvalue weighted by Crippen LogP contribution is -3.19. The largest absolute Gasteiger partial charge is 0.330 e. The molecule has 0 unspecified atom stereocenters. The number of hydrogen-bond donors (Lipinski definition) is 2. The predicted molar refractivity (Wildman–Crippen MR) is 89.5 cm³/mol. The predicted octanol–water partition coefficient (Wildman–Crippen LogP) is 0.209. The summed E-state index contributed by atoms with van der Waals surface area (Å²) in [7, 11) is 0. The Morgan fingerprint density at radius 3 is 2.43 bits per heavy atom. The Bertz CT molecular complexity index is 626. The van der Waals surface area contributed by atoms with Crippen molar-refractivity contribution in [2.24, 2.45) is 0 Å². The number of piperazine rings is 1. The number of nitrogens with one attached hydrogen (secondary N) is 2. The van der Waals surface area contributed by atoms with Crippen molar-refractivity contribution in [1.29, 1.82) is 0 Å². The number of aromatic nitrogens is 2. The summed E-state index contributed by atoms with van der Waals surface area (Å²) in [6.07, 6.45) is 3.52. The Morgan fingerprint density at radius 1 is 1.13 bits per heavy atom. The molecule has 6 heteroatoms. The highest BCUT2D eigenvalue weighted by atomic mass is 16.2. The highest BCUT2D eigenvalue weighted by Crippen LogP contribution is 2.06. The number of quaternary nitrogens is 1. The van der Waals surface area contributed by atoms with Crippen molar-refractivity contribution in [3.05, 3.63) is 48.8 Å². The smallest absolute Gasteiger partial charge is 0.282 e. The second-order valence-corrected chi connectivity index (χ2v) is 5.77. The van der Waals surface area contributed by atoms with Crippen LogP contribution in [0.4, 0.5) is 11.6 Å². The normalized spacial score (nSPS) is 16.8. The maximum atomic E-state index is 12.4. The van der Waals surface area contributed by atoms with Gasteiger partial charge in [-0.2, -0.15) is 0 Å². The summed E-state index contributed by atoms with van der Waals surface area (Å²) in [4.78, 5) is 24.4. The third-order valence-corrected chi connectivity index (χ3v) is 4.29.